The number of hydrazine groups is 1. The second-order valence-electron chi connectivity index (χ2n) is 5.18. The molecule has 0 unspecified atom stereocenters. The maximum absolute atomic E-state index is 11.5. The Bertz CT molecular complexity index is 654. The van der Waals surface area contributed by atoms with Gasteiger partial charge in [0.25, 0.3) is 5.91 Å². The molecular weight excluding hydrogens is 284 g/mol. The Labute approximate surface area is 128 Å². The van der Waals surface area contributed by atoms with E-state index in [1.165, 1.54) is 16.9 Å². The van der Waals surface area contributed by atoms with Gasteiger partial charge >= 0.3 is 0 Å². The first-order chi connectivity index (χ1) is 9.92. The Hall–Kier alpha value is -1.85. The first-order valence-electron chi connectivity index (χ1n) is 6.73. The van der Waals surface area contributed by atoms with Crippen molar-refractivity contribution in [1.29, 1.82) is 0 Å². The normalized spacial score (nSPS) is 10.5. The van der Waals surface area contributed by atoms with Gasteiger partial charge in [-0.1, -0.05) is 17.7 Å². The van der Waals surface area contributed by atoms with E-state index in [1.807, 2.05) is 26.8 Å². The molecule has 0 saturated heterocycles. The molecule has 1 aromatic carbocycles. The average Bonchev–Trinajstić information content (AvgIpc) is 2.78. The molecular formula is C16H20N2O2S. The van der Waals surface area contributed by atoms with Gasteiger partial charge in [0.1, 0.15) is 12.4 Å². The predicted octanol–water partition coefficient (Wildman–Crippen LogP) is 3.16. The molecule has 2 aromatic rings. The first-order valence-corrected chi connectivity index (χ1v) is 7.55. The van der Waals surface area contributed by atoms with Gasteiger partial charge in [-0.25, -0.2) is 5.84 Å². The Morgan fingerprint density at radius 1 is 1.19 bits per heavy atom. The van der Waals surface area contributed by atoms with Crippen LogP contribution in [0.1, 0.15) is 36.8 Å². The lowest BCUT2D eigenvalue weighted by atomic mass is 10.1. The highest BCUT2D eigenvalue weighted by Crippen LogP contribution is 2.27. The number of thiophene rings is 1. The zero-order chi connectivity index (χ0) is 15.6. The van der Waals surface area contributed by atoms with Gasteiger partial charge in [-0.15, -0.1) is 11.3 Å². The van der Waals surface area contributed by atoms with E-state index < -0.39 is 0 Å². The van der Waals surface area contributed by atoms with Crippen LogP contribution in [0.3, 0.4) is 0 Å². The van der Waals surface area contributed by atoms with E-state index in [9.17, 15) is 4.79 Å². The number of nitrogens with two attached hydrogens (primary N) is 1. The number of benzene rings is 1. The van der Waals surface area contributed by atoms with Crippen LogP contribution < -0.4 is 16.0 Å². The van der Waals surface area contributed by atoms with E-state index >= 15 is 0 Å². The highest BCUT2D eigenvalue weighted by atomic mass is 32.1. The molecule has 0 fully saturated rings. The highest BCUT2D eigenvalue weighted by molar-refractivity contribution is 7.14. The van der Waals surface area contributed by atoms with Crippen LogP contribution in [0.2, 0.25) is 0 Å². The maximum Gasteiger partial charge on any atom is 0.275 e. The monoisotopic (exact) mass is 304 g/mol. The van der Waals surface area contributed by atoms with Crippen molar-refractivity contribution < 1.29 is 9.53 Å². The number of amides is 1. The Morgan fingerprint density at radius 2 is 1.81 bits per heavy atom. The smallest absolute Gasteiger partial charge is 0.275 e. The third-order valence-corrected chi connectivity index (χ3v) is 4.44. The second kappa shape index (κ2) is 6.28. The summed E-state index contributed by atoms with van der Waals surface area (Å²) in [7, 11) is 0. The zero-order valence-electron chi connectivity index (χ0n) is 12.7. The van der Waals surface area contributed by atoms with Gasteiger partial charge in [0.05, 0.1) is 4.88 Å². The summed E-state index contributed by atoms with van der Waals surface area (Å²) in [6.45, 7) is 8.59. The number of rotatable bonds is 4. The number of nitrogen functional groups attached to an aromatic ring is 1. The Morgan fingerprint density at radius 3 is 2.38 bits per heavy atom. The Balaban J connectivity index is 2.17. The molecule has 1 amide bonds. The van der Waals surface area contributed by atoms with Crippen molar-refractivity contribution in [2.24, 2.45) is 5.84 Å². The van der Waals surface area contributed by atoms with E-state index in [4.69, 9.17) is 10.6 Å². The molecule has 21 heavy (non-hydrogen) atoms. The molecule has 4 nitrogen and oxygen atoms in total. The van der Waals surface area contributed by atoms with Crippen molar-refractivity contribution in [2.45, 2.75) is 34.3 Å². The molecule has 0 saturated carbocycles. The molecule has 0 aliphatic rings. The van der Waals surface area contributed by atoms with Crippen LogP contribution in [0.25, 0.3) is 0 Å². The maximum atomic E-state index is 11.5. The number of hydrogen-bond acceptors (Lipinski definition) is 4. The van der Waals surface area contributed by atoms with Crippen molar-refractivity contribution in [3.63, 3.8) is 0 Å². The summed E-state index contributed by atoms with van der Waals surface area (Å²) in [5.41, 5.74) is 6.64. The van der Waals surface area contributed by atoms with Crippen molar-refractivity contribution in [2.75, 3.05) is 0 Å². The quantitative estimate of drug-likeness (QED) is 0.518. The van der Waals surface area contributed by atoms with Gasteiger partial charge in [0, 0.05) is 10.4 Å². The van der Waals surface area contributed by atoms with Crippen molar-refractivity contribution >= 4 is 17.2 Å². The number of carbonyl (C=O) groups excluding carboxylic acids is 1. The van der Waals surface area contributed by atoms with Crippen LogP contribution >= 0.6 is 11.3 Å². The van der Waals surface area contributed by atoms with E-state index in [2.05, 4.69) is 24.5 Å². The molecule has 2 rings (SSSR count). The SMILES string of the molecule is Cc1cc(C)c(OCc2cc(C(=O)NN)sc2C)c(C)c1. The summed E-state index contributed by atoms with van der Waals surface area (Å²) in [5.74, 6) is 5.80. The van der Waals surface area contributed by atoms with Crippen molar-refractivity contribution in [3.8, 4) is 5.75 Å². The lowest BCUT2D eigenvalue weighted by Gasteiger charge is -2.13. The van der Waals surface area contributed by atoms with Crippen LogP contribution in [0.4, 0.5) is 0 Å². The van der Waals surface area contributed by atoms with Crippen LogP contribution in [0.5, 0.6) is 5.75 Å². The molecule has 0 aliphatic carbocycles. The fraction of sp³-hybridized carbons (Fsp3) is 0.312. The second-order valence-corrected chi connectivity index (χ2v) is 6.44. The van der Waals surface area contributed by atoms with Crippen LogP contribution in [-0.4, -0.2) is 5.91 Å². The number of carbonyl (C=O) groups is 1. The number of hydrogen-bond donors (Lipinski definition) is 2. The third kappa shape index (κ3) is 3.43. The molecule has 3 N–H and O–H groups in total. The summed E-state index contributed by atoms with van der Waals surface area (Å²) in [5, 5.41) is 0. The van der Waals surface area contributed by atoms with Crippen LogP contribution in [0.15, 0.2) is 18.2 Å². The topological polar surface area (TPSA) is 64.3 Å². The minimum absolute atomic E-state index is 0.267. The van der Waals surface area contributed by atoms with Crippen molar-refractivity contribution in [1.82, 2.24) is 5.43 Å². The number of ether oxygens (including phenoxy) is 1. The standard InChI is InChI=1S/C16H20N2O2S/c1-9-5-10(2)15(11(3)6-9)20-8-13-7-14(16(19)18-17)21-12(13)4/h5-7H,8,17H2,1-4H3,(H,18,19). The summed E-state index contributed by atoms with van der Waals surface area (Å²) in [6, 6.07) is 6.05. The summed E-state index contributed by atoms with van der Waals surface area (Å²) in [6.07, 6.45) is 0. The van der Waals surface area contributed by atoms with Gasteiger partial charge in [0.2, 0.25) is 0 Å². The zero-order valence-corrected chi connectivity index (χ0v) is 13.6. The molecule has 1 aromatic heterocycles. The average molecular weight is 304 g/mol. The predicted molar refractivity (Wildman–Crippen MR) is 85.7 cm³/mol. The van der Waals surface area contributed by atoms with E-state index in [0.717, 1.165) is 27.3 Å². The fourth-order valence-corrected chi connectivity index (χ4v) is 3.32. The molecule has 5 heteroatoms. The van der Waals surface area contributed by atoms with Gasteiger partial charge in [-0.3, -0.25) is 10.2 Å². The number of nitrogens with one attached hydrogen (secondary N) is 1. The molecule has 0 atom stereocenters. The van der Waals surface area contributed by atoms with Gasteiger partial charge in [0.15, 0.2) is 0 Å². The Kier molecular flexibility index (Phi) is 4.65. The van der Waals surface area contributed by atoms with E-state index in [-0.39, 0.29) is 5.91 Å². The highest BCUT2D eigenvalue weighted by Gasteiger charge is 2.13. The van der Waals surface area contributed by atoms with Gasteiger partial charge in [-0.2, -0.15) is 0 Å². The van der Waals surface area contributed by atoms with E-state index in [0.29, 0.717) is 11.5 Å². The minimum atomic E-state index is -0.267. The lowest BCUT2D eigenvalue weighted by molar-refractivity contribution is 0.0957. The largest absolute Gasteiger partial charge is 0.488 e. The molecule has 0 spiro atoms. The molecule has 0 bridgehead atoms. The summed E-state index contributed by atoms with van der Waals surface area (Å²) >= 11 is 1.42. The fourth-order valence-electron chi connectivity index (χ4n) is 2.39. The minimum Gasteiger partial charge on any atom is -0.488 e. The molecule has 0 radical (unpaired) electrons. The lowest BCUT2D eigenvalue weighted by Crippen LogP contribution is -2.29. The molecule has 1 heterocycles. The first kappa shape index (κ1) is 15.5. The summed E-state index contributed by atoms with van der Waals surface area (Å²) < 4.78 is 5.96. The van der Waals surface area contributed by atoms with Gasteiger partial charge in [-0.05, 0) is 44.9 Å². The van der Waals surface area contributed by atoms with Crippen molar-refractivity contribution in [3.05, 3.63) is 50.2 Å². The van der Waals surface area contributed by atoms with Crippen LogP contribution in [-0.2, 0) is 6.61 Å². The van der Waals surface area contributed by atoms with E-state index in [1.54, 1.807) is 0 Å². The van der Waals surface area contributed by atoms with Crippen LogP contribution in [0, 0.1) is 27.7 Å². The molecule has 0 aliphatic heterocycles. The summed E-state index contributed by atoms with van der Waals surface area (Å²) in [4.78, 5) is 13.2. The number of aryl methyl sites for hydroxylation is 4. The molecule has 112 valence electrons. The third-order valence-electron chi connectivity index (χ3n) is 3.35. The van der Waals surface area contributed by atoms with Gasteiger partial charge < -0.3 is 4.74 Å².